The summed E-state index contributed by atoms with van der Waals surface area (Å²) in [5.74, 6) is 0. The van der Waals surface area contributed by atoms with Crippen molar-refractivity contribution in [3.8, 4) is 0 Å². The zero-order valence-electron chi connectivity index (χ0n) is 15.8. The van der Waals surface area contributed by atoms with Gasteiger partial charge in [0.25, 0.3) is 0 Å². The van der Waals surface area contributed by atoms with Crippen molar-refractivity contribution in [3.63, 3.8) is 0 Å². The Morgan fingerprint density at radius 2 is 0.870 bits per heavy atom. The Labute approximate surface area is 146 Å². The molecular weight excluding hydrogens is 300 g/mol. The van der Waals surface area contributed by atoms with E-state index >= 15 is 0 Å². The van der Waals surface area contributed by atoms with E-state index in [1.54, 1.807) is 0 Å². The van der Waals surface area contributed by atoms with Crippen molar-refractivity contribution >= 4 is 8.56 Å². The minimum Gasteiger partial charge on any atom is -0.394 e. The molecule has 23 heavy (non-hydrogen) atoms. The van der Waals surface area contributed by atoms with E-state index < -0.39 is 8.56 Å². The van der Waals surface area contributed by atoms with E-state index in [0.717, 1.165) is 24.3 Å². The van der Waals surface area contributed by atoms with Crippen LogP contribution in [0.25, 0.3) is 0 Å². The zero-order valence-corrected chi connectivity index (χ0v) is 16.8. The summed E-state index contributed by atoms with van der Waals surface area (Å²) in [5.41, 5.74) is 1.49. The zero-order chi connectivity index (χ0) is 16.4. The van der Waals surface area contributed by atoms with Crippen LogP contribution in [0, 0.1) is 0 Å². The van der Waals surface area contributed by atoms with E-state index in [4.69, 9.17) is 8.85 Å². The van der Waals surface area contributed by atoms with Crippen LogP contribution in [0.2, 0.25) is 11.1 Å². The molecule has 0 aliphatic heterocycles. The second-order valence-corrected chi connectivity index (χ2v) is 11.3. The highest BCUT2D eigenvalue weighted by molar-refractivity contribution is 6.70. The summed E-state index contributed by atoms with van der Waals surface area (Å²) in [6.45, 7) is 6.07. The summed E-state index contributed by atoms with van der Waals surface area (Å²) in [5, 5.41) is 0. The summed E-state index contributed by atoms with van der Waals surface area (Å²) in [6.07, 6.45) is 19.6. The van der Waals surface area contributed by atoms with Gasteiger partial charge in [0.1, 0.15) is 0 Å². The summed E-state index contributed by atoms with van der Waals surface area (Å²) in [4.78, 5) is 0. The molecule has 0 heterocycles. The van der Waals surface area contributed by atoms with E-state index in [9.17, 15) is 0 Å². The molecule has 0 unspecified atom stereocenters. The number of hydrogen-bond acceptors (Lipinski definition) is 2. The molecule has 0 radical (unpaired) electrons. The Morgan fingerprint density at radius 3 is 1.17 bits per heavy atom. The molecule has 0 aromatic heterocycles. The van der Waals surface area contributed by atoms with Crippen LogP contribution in [0.1, 0.15) is 104 Å². The summed E-state index contributed by atoms with van der Waals surface area (Å²) < 4.78 is 13.3. The van der Waals surface area contributed by atoms with Gasteiger partial charge in [0.2, 0.25) is 0 Å². The molecule has 2 saturated carbocycles. The highest BCUT2D eigenvalue weighted by Gasteiger charge is 2.51. The average molecular weight is 341 g/mol. The van der Waals surface area contributed by atoms with Crippen LogP contribution in [-0.4, -0.2) is 21.8 Å². The Balaban J connectivity index is 2.20. The largest absolute Gasteiger partial charge is 0.394 e. The first kappa shape index (κ1) is 19.5. The van der Waals surface area contributed by atoms with Crippen molar-refractivity contribution in [1.29, 1.82) is 0 Å². The quantitative estimate of drug-likeness (QED) is 0.394. The Hall–Kier alpha value is 0.137. The first-order valence-electron chi connectivity index (χ1n) is 10.6. The summed E-state index contributed by atoms with van der Waals surface area (Å²) in [7, 11) is -2.10. The molecule has 0 amide bonds. The van der Waals surface area contributed by atoms with Gasteiger partial charge in [-0.1, -0.05) is 64.2 Å². The normalized spacial score (nSPS) is 23.7. The molecule has 2 nitrogen and oxygen atoms in total. The third-order valence-electron chi connectivity index (χ3n) is 6.09. The van der Waals surface area contributed by atoms with Crippen LogP contribution in [0.3, 0.4) is 0 Å². The predicted octanol–water partition coefficient (Wildman–Crippen LogP) is 6.73. The molecule has 2 aliphatic rings. The molecule has 136 valence electrons. The topological polar surface area (TPSA) is 18.5 Å². The van der Waals surface area contributed by atoms with Crippen LogP contribution in [0.15, 0.2) is 0 Å². The number of rotatable bonds is 6. The molecule has 0 N–H and O–H groups in total. The molecule has 0 bridgehead atoms. The highest BCUT2D eigenvalue weighted by Crippen LogP contribution is 2.47. The fourth-order valence-electron chi connectivity index (χ4n) is 5.01. The monoisotopic (exact) mass is 340 g/mol. The van der Waals surface area contributed by atoms with Gasteiger partial charge in [0.05, 0.1) is 0 Å². The lowest BCUT2D eigenvalue weighted by molar-refractivity contribution is 0.153. The maximum absolute atomic E-state index is 6.66. The molecule has 0 aromatic rings. The Morgan fingerprint density at radius 1 is 0.565 bits per heavy atom. The van der Waals surface area contributed by atoms with Crippen LogP contribution < -0.4 is 0 Å². The second kappa shape index (κ2) is 10.9. The lowest BCUT2D eigenvalue weighted by atomic mass is 10.1. The second-order valence-electron chi connectivity index (χ2n) is 7.67. The van der Waals surface area contributed by atoms with E-state index in [1.165, 1.54) is 89.9 Å². The first-order valence-corrected chi connectivity index (χ1v) is 12.6. The van der Waals surface area contributed by atoms with Crippen LogP contribution >= 0.6 is 0 Å². The smallest absolute Gasteiger partial charge is 0.344 e. The van der Waals surface area contributed by atoms with Crippen LogP contribution in [0.5, 0.6) is 0 Å². The van der Waals surface area contributed by atoms with Crippen molar-refractivity contribution < 1.29 is 8.85 Å². The van der Waals surface area contributed by atoms with E-state index in [2.05, 4.69) is 13.8 Å². The third-order valence-corrected chi connectivity index (χ3v) is 11.0. The predicted molar refractivity (Wildman–Crippen MR) is 101 cm³/mol. The fourth-order valence-corrected chi connectivity index (χ4v) is 10.0. The molecule has 3 heteroatoms. The molecule has 2 fully saturated rings. The maximum Gasteiger partial charge on any atom is 0.344 e. The van der Waals surface area contributed by atoms with Crippen LogP contribution in [-0.2, 0) is 8.85 Å². The highest BCUT2D eigenvalue weighted by atomic mass is 28.4. The standard InChI is InChI=1S/C20H40O2Si/c1-3-21-23(22-4-2,20-17-13-9-10-14-18-20)19-15-11-7-5-6-8-12-16-19/h19-20H,3-18H2,1-2H3. The first-order chi connectivity index (χ1) is 11.3. The van der Waals surface area contributed by atoms with Gasteiger partial charge in [-0.25, -0.2) is 0 Å². The molecule has 2 aliphatic carbocycles. The van der Waals surface area contributed by atoms with Gasteiger partial charge in [-0.05, 0) is 39.5 Å². The van der Waals surface area contributed by atoms with Gasteiger partial charge in [-0.15, -0.1) is 0 Å². The third kappa shape index (κ3) is 5.57. The van der Waals surface area contributed by atoms with Gasteiger partial charge in [0.15, 0.2) is 0 Å². The van der Waals surface area contributed by atoms with Crippen molar-refractivity contribution in [3.05, 3.63) is 0 Å². The summed E-state index contributed by atoms with van der Waals surface area (Å²) in [6, 6.07) is 0. The van der Waals surface area contributed by atoms with Crippen molar-refractivity contribution in [2.24, 2.45) is 0 Å². The van der Waals surface area contributed by atoms with Crippen molar-refractivity contribution in [1.82, 2.24) is 0 Å². The van der Waals surface area contributed by atoms with Gasteiger partial charge in [0, 0.05) is 24.3 Å². The summed E-state index contributed by atoms with van der Waals surface area (Å²) >= 11 is 0. The molecule has 0 spiro atoms. The Kier molecular flexibility index (Phi) is 9.21. The molecule has 0 saturated heterocycles. The molecule has 2 rings (SSSR count). The van der Waals surface area contributed by atoms with Crippen molar-refractivity contribution in [2.75, 3.05) is 13.2 Å². The molecule has 0 atom stereocenters. The average Bonchev–Trinajstić information content (AvgIpc) is 2.75. The fraction of sp³-hybridized carbons (Fsp3) is 1.00. The Bertz CT molecular complexity index is 284. The minimum atomic E-state index is -2.10. The minimum absolute atomic E-state index is 0.739. The molecular formula is C20H40O2Si. The van der Waals surface area contributed by atoms with Gasteiger partial charge in [-0.2, -0.15) is 0 Å². The van der Waals surface area contributed by atoms with Gasteiger partial charge in [-0.3, -0.25) is 0 Å². The van der Waals surface area contributed by atoms with Crippen LogP contribution in [0.4, 0.5) is 0 Å². The van der Waals surface area contributed by atoms with Gasteiger partial charge < -0.3 is 8.85 Å². The lowest BCUT2D eigenvalue weighted by Crippen LogP contribution is -2.51. The van der Waals surface area contributed by atoms with E-state index in [-0.39, 0.29) is 0 Å². The molecule has 0 aromatic carbocycles. The van der Waals surface area contributed by atoms with Crippen molar-refractivity contribution in [2.45, 2.75) is 115 Å². The lowest BCUT2D eigenvalue weighted by Gasteiger charge is -2.42. The van der Waals surface area contributed by atoms with E-state index in [0.29, 0.717) is 0 Å². The maximum atomic E-state index is 6.66. The number of hydrogen-bond donors (Lipinski definition) is 0. The van der Waals surface area contributed by atoms with Gasteiger partial charge >= 0.3 is 8.56 Å². The van der Waals surface area contributed by atoms with E-state index in [1.807, 2.05) is 0 Å². The SMILES string of the molecule is CCO[Si](OCC)(C1CCCCCCCC1)C1CCCCCC1.